The summed E-state index contributed by atoms with van der Waals surface area (Å²) in [5.41, 5.74) is 0. The molecule has 5 nitrogen and oxygen atoms in total. The number of hydrogen-bond donors (Lipinski definition) is 2. The molecular formula is C13H17N5S. The standard InChI is InChI=1S/C13H17N5S/c1-3-9-7-18(8-10(9)14-5-1)13-15-12(16-17-13)11-4-2-6-19-11/h2,4,6,9-10,14H,1,3,5,7-8H2,(H,15,16,17). The Morgan fingerprint density at radius 1 is 1.37 bits per heavy atom. The number of fused-ring (bicyclic) bond motifs is 1. The second kappa shape index (κ2) is 4.61. The molecule has 2 unspecified atom stereocenters. The van der Waals surface area contributed by atoms with Crippen molar-refractivity contribution in [3.8, 4) is 10.7 Å². The van der Waals surface area contributed by atoms with Crippen LogP contribution in [0.1, 0.15) is 12.8 Å². The van der Waals surface area contributed by atoms with E-state index in [0.29, 0.717) is 6.04 Å². The molecule has 2 atom stereocenters. The number of H-pyrrole nitrogens is 1. The molecule has 0 saturated carbocycles. The monoisotopic (exact) mass is 275 g/mol. The van der Waals surface area contributed by atoms with Crippen LogP contribution in [0.3, 0.4) is 0 Å². The predicted octanol–water partition coefficient (Wildman–Crippen LogP) is 1.72. The van der Waals surface area contributed by atoms with Gasteiger partial charge in [0.05, 0.1) is 4.88 Å². The van der Waals surface area contributed by atoms with Gasteiger partial charge in [0.15, 0.2) is 5.82 Å². The van der Waals surface area contributed by atoms with Crippen molar-refractivity contribution in [1.82, 2.24) is 20.5 Å². The van der Waals surface area contributed by atoms with Gasteiger partial charge in [-0.1, -0.05) is 6.07 Å². The number of hydrogen-bond acceptors (Lipinski definition) is 5. The number of nitrogens with zero attached hydrogens (tertiary/aromatic N) is 3. The maximum Gasteiger partial charge on any atom is 0.245 e. The first kappa shape index (κ1) is 11.4. The smallest absolute Gasteiger partial charge is 0.245 e. The molecule has 0 bridgehead atoms. The van der Waals surface area contributed by atoms with Crippen LogP contribution in [0.5, 0.6) is 0 Å². The Kier molecular flexibility index (Phi) is 2.77. The van der Waals surface area contributed by atoms with Crippen molar-refractivity contribution in [2.24, 2.45) is 5.92 Å². The van der Waals surface area contributed by atoms with E-state index in [1.54, 1.807) is 11.3 Å². The summed E-state index contributed by atoms with van der Waals surface area (Å²) < 4.78 is 0. The summed E-state index contributed by atoms with van der Waals surface area (Å²) in [4.78, 5) is 8.09. The summed E-state index contributed by atoms with van der Waals surface area (Å²) in [6, 6.07) is 4.73. The van der Waals surface area contributed by atoms with E-state index in [9.17, 15) is 0 Å². The number of aromatic nitrogens is 3. The molecule has 0 aromatic carbocycles. The molecule has 2 aliphatic heterocycles. The molecule has 2 aromatic rings. The van der Waals surface area contributed by atoms with Gasteiger partial charge in [-0.15, -0.1) is 16.4 Å². The van der Waals surface area contributed by atoms with Crippen molar-refractivity contribution in [3.63, 3.8) is 0 Å². The molecule has 19 heavy (non-hydrogen) atoms. The molecule has 2 aliphatic rings. The Labute approximate surface area is 116 Å². The lowest BCUT2D eigenvalue weighted by Gasteiger charge is -2.24. The second-order valence-electron chi connectivity index (χ2n) is 5.33. The van der Waals surface area contributed by atoms with Gasteiger partial charge in [0.1, 0.15) is 0 Å². The van der Waals surface area contributed by atoms with E-state index in [4.69, 9.17) is 0 Å². The molecule has 0 amide bonds. The van der Waals surface area contributed by atoms with Crippen LogP contribution in [0.2, 0.25) is 0 Å². The van der Waals surface area contributed by atoms with Crippen molar-refractivity contribution >= 4 is 17.3 Å². The molecule has 100 valence electrons. The quantitative estimate of drug-likeness (QED) is 0.876. The highest BCUT2D eigenvalue weighted by molar-refractivity contribution is 7.13. The first-order chi connectivity index (χ1) is 9.40. The Morgan fingerprint density at radius 2 is 2.37 bits per heavy atom. The van der Waals surface area contributed by atoms with E-state index in [2.05, 4.69) is 36.8 Å². The molecular weight excluding hydrogens is 258 g/mol. The predicted molar refractivity (Wildman–Crippen MR) is 76.4 cm³/mol. The van der Waals surface area contributed by atoms with E-state index in [-0.39, 0.29) is 0 Å². The van der Waals surface area contributed by atoms with Crippen LogP contribution in [0.25, 0.3) is 10.7 Å². The molecule has 0 aliphatic carbocycles. The van der Waals surface area contributed by atoms with Crippen LogP contribution in [0.4, 0.5) is 5.95 Å². The number of rotatable bonds is 2. The Bertz CT molecular complexity index is 535. The zero-order valence-electron chi connectivity index (χ0n) is 10.7. The van der Waals surface area contributed by atoms with Crippen LogP contribution < -0.4 is 10.2 Å². The van der Waals surface area contributed by atoms with Crippen molar-refractivity contribution in [1.29, 1.82) is 0 Å². The fraction of sp³-hybridized carbons (Fsp3) is 0.538. The fourth-order valence-corrected chi connectivity index (χ4v) is 3.79. The summed E-state index contributed by atoms with van der Waals surface area (Å²) in [6.07, 6.45) is 2.62. The largest absolute Gasteiger partial charge is 0.338 e. The van der Waals surface area contributed by atoms with E-state index >= 15 is 0 Å². The van der Waals surface area contributed by atoms with E-state index in [1.165, 1.54) is 12.8 Å². The van der Waals surface area contributed by atoms with E-state index in [0.717, 1.165) is 42.2 Å². The van der Waals surface area contributed by atoms with Crippen LogP contribution in [-0.4, -0.2) is 40.9 Å². The molecule has 4 heterocycles. The van der Waals surface area contributed by atoms with Gasteiger partial charge in [-0.05, 0) is 36.8 Å². The maximum absolute atomic E-state index is 4.63. The minimum absolute atomic E-state index is 0.623. The lowest BCUT2D eigenvalue weighted by molar-refractivity contribution is 0.340. The van der Waals surface area contributed by atoms with E-state index in [1.807, 2.05) is 6.07 Å². The lowest BCUT2D eigenvalue weighted by atomic mass is 9.94. The summed E-state index contributed by atoms with van der Waals surface area (Å²) in [7, 11) is 0. The van der Waals surface area contributed by atoms with Crippen molar-refractivity contribution in [3.05, 3.63) is 17.5 Å². The van der Waals surface area contributed by atoms with E-state index < -0.39 is 0 Å². The van der Waals surface area contributed by atoms with Gasteiger partial charge in [0.25, 0.3) is 0 Å². The van der Waals surface area contributed by atoms with Crippen LogP contribution >= 0.6 is 11.3 Å². The first-order valence-corrected chi connectivity index (χ1v) is 7.73. The Balaban J connectivity index is 1.54. The van der Waals surface area contributed by atoms with Gasteiger partial charge in [-0.3, -0.25) is 5.10 Å². The highest BCUT2D eigenvalue weighted by atomic mass is 32.1. The highest BCUT2D eigenvalue weighted by Crippen LogP contribution is 2.28. The average Bonchev–Trinajstić information content (AvgIpc) is 3.17. The second-order valence-corrected chi connectivity index (χ2v) is 6.28. The van der Waals surface area contributed by atoms with Crippen LogP contribution in [-0.2, 0) is 0 Å². The van der Waals surface area contributed by atoms with Crippen LogP contribution in [0.15, 0.2) is 17.5 Å². The highest BCUT2D eigenvalue weighted by Gasteiger charge is 2.35. The van der Waals surface area contributed by atoms with Crippen molar-refractivity contribution in [2.75, 3.05) is 24.5 Å². The molecule has 6 heteroatoms. The molecule has 0 radical (unpaired) electrons. The summed E-state index contributed by atoms with van der Waals surface area (Å²) >= 11 is 1.69. The number of aromatic amines is 1. The summed E-state index contributed by atoms with van der Waals surface area (Å²) in [5.74, 6) is 2.49. The molecule has 2 N–H and O–H groups in total. The maximum atomic E-state index is 4.63. The lowest BCUT2D eigenvalue weighted by Crippen LogP contribution is -2.40. The Morgan fingerprint density at radius 3 is 3.21 bits per heavy atom. The van der Waals surface area contributed by atoms with Gasteiger partial charge >= 0.3 is 0 Å². The zero-order valence-corrected chi connectivity index (χ0v) is 11.5. The topological polar surface area (TPSA) is 56.8 Å². The number of nitrogens with one attached hydrogen (secondary N) is 2. The normalized spacial score (nSPS) is 26.6. The third kappa shape index (κ3) is 2.04. The molecule has 2 saturated heterocycles. The first-order valence-electron chi connectivity index (χ1n) is 6.85. The number of thiophene rings is 1. The minimum Gasteiger partial charge on any atom is -0.338 e. The molecule has 2 aromatic heterocycles. The molecule has 0 spiro atoms. The van der Waals surface area contributed by atoms with Crippen molar-refractivity contribution in [2.45, 2.75) is 18.9 Å². The fourth-order valence-electron chi connectivity index (χ4n) is 3.13. The third-order valence-electron chi connectivity index (χ3n) is 4.11. The Hall–Kier alpha value is -1.40. The van der Waals surface area contributed by atoms with Gasteiger partial charge in [-0.2, -0.15) is 4.98 Å². The summed E-state index contributed by atoms with van der Waals surface area (Å²) in [5, 5.41) is 13.1. The SMILES string of the molecule is c1csc(-c2nc(N3CC4CCCNC4C3)n[nH]2)c1. The number of anilines is 1. The van der Waals surface area contributed by atoms with Gasteiger partial charge in [0.2, 0.25) is 5.95 Å². The zero-order chi connectivity index (χ0) is 12.7. The molecule has 4 rings (SSSR count). The van der Waals surface area contributed by atoms with Gasteiger partial charge in [0, 0.05) is 19.1 Å². The van der Waals surface area contributed by atoms with Crippen LogP contribution in [0, 0.1) is 5.92 Å². The minimum atomic E-state index is 0.623. The third-order valence-corrected chi connectivity index (χ3v) is 4.99. The van der Waals surface area contributed by atoms with Gasteiger partial charge < -0.3 is 10.2 Å². The number of piperidine rings is 1. The summed E-state index contributed by atoms with van der Waals surface area (Å²) in [6.45, 7) is 3.27. The molecule has 2 fully saturated rings. The average molecular weight is 275 g/mol. The van der Waals surface area contributed by atoms with Gasteiger partial charge in [-0.25, -0.2) is 0 Å². The van der Waals surface area contributed by atoms with Crippen molar-refractivity contribution < 1.29 is 0 Å².